The molecular weight excluding hydrogens is 506 g/mol. The molecular formula is C30H24ClNO6. The summed E-state index contributed by atoms with van der Waals surface area (Å²) >= 11 is 6.02. The number of rotatable bonds is 3. The topological polar surface area (TPSA) is 101 Å². The van der Waals surface area contributed by atoms with E-state index in [1.54, 1.807) is 43.3 Å². The summed E-state index contributed by atoms with van der Waals surface area (Å²) in [6.07, 6.45) is 3.73. The van der Waals surface area contributed by atoms with Gasteiger partial charge in [0, 0.05) is 33.2 Å². The second kappa shape index (κ2) is 8.81. The lowest BCUT2D eigenvalue weighted by Gasteiger charge is -2.42. The molecule has 0 unspecified atom stereocenters. The van der Waals surface area contributed by atoms with E-state index in [2.05, 4.69) is 0 Å². The van der Waals surface area contributed by atoms with Crippen LogP contribution in [0, 0.1) is 17.8 Å². The molecule has 38 heavy (non-hydrogen) atoms. The highest BCUT2D eigenvalue weighted by molar-refractivity contribution is 6.31. The largest absolute Gasteiger partial charge is 0.508 e. The number of imide groups is 1. The average molecular weight is 530 g/mol. The molecule has 4 atom stereocenters. The zero-order valence-corrected chi connectivity index (χ0v) is 21.5. The number of nitrogens with zero attached hydrogens (tertiary/aromatic N) is 1. The van der Waals surface area contributed by atoms with E-state index >= 15 is 0 Å². The molecule has 192 valence electrons. The van der Waals surface area contributed by atoms with Gasteiger partial charge in [-0.25, -0.2) is 0 Å². The predicted octanol–water partition coefficient (Wildman–Crippen LogP) is 4.69. The number of methoxy groups -OCH3 is 1. The van der Waals surface area contributed by atoms with Gasteiger partial charge >= 0.3 is 0 Å². The van der Waals surface area contributed by atoms with Gasteiger partial charge < -0.3 is 9.84 Å². The van der Waals surface area contributed by atoms with Crippen LogP contribution in [0.2, 0.25) is 5.02 Å². The fourth-order valence-corrected chi connectivity index (χ4v) is 6.58. The maximum absolute atomic E-state index is 13.9. The van der Waals surface area contributed by atoms with E-state index in [0.717, 1.165) is 5.57 Å². The maximum Gasteiger partial charge on any atom is 0.238 e. The quantitative estimate of drug-likeness (QED) is 0.352. The van der Waals surface area contributed by atoms with Crippen LogP contribution in [0.3, 0.4) is 0 Å². The molecule has 2 aromatic carbocycles. The molecule has 1 aliphatic heterocycles. The number of anilines is 1. The van der Waals surface area contributed by atoms with Crippen molar-refractivity contribution in [1.82, 2.24) is 0 Å². The van der Waals surface area contributed by atoms with Gasteiger partial charge in [0.1, 0.15) is 11.5 Å². The molecule has 7 nitrogen and oxygen atoms in total. The molecule has 0 bridgehead atoms. The Bertz CT molecular complexity index is 1530. The van der Waals surface area contributed by atoms with E-state index in [1.807, 2.05) is 6.08 Å². The highest BCUT2D eigenvalue weighted by Gasteiger charge is 2.56. The van der Waals surface area contributed by atoms with Gasteiger partial charge in [-0.05, 0) is 74.2 Å². The summed E-state index contributed by atoms with van der Waals surface area (Å²) in [5.74, 6) is -3.24. The molecule has 1 fully saturated rings. The first-order valence-corrected chi connectivity index (χ1v) is 12.8. The van der Waals surface area contributed by atoms with Crippen molar-refractivity contribution in [2.75, 3.05) is 12.0 Å². The molecule has 0 saturated carbocycles. The lowest BCUT2D eigenvalue weighted by Crippen LogP contribution is -2.39. The summed E-state index contributed by atoms with van der Waals surface area (Å²) in [6, 6.07) is 11.3. The number of hydrogen-bond donors (Lipinski definition) is 1. The van der Waals surface area contributed by atoms with Crippen LogP contribution in [0.25, 0.3) is 0 Å². The van der Waals surface area contributed by atoms with Gasteiger partial charge in [-0.1, -0.05) is 23.3 Å². The van der Waals surface area contributed by atoms with Gasteiger partial charge in [0.15, 0.2) is 11.6 Å². The van der Waals surface area contributed by atoms with Gasteiger partial charge in [-0.15, -0.1) is 0 Å². The number of amides is 2. The summed E-state index contributed by atoms with van der Waals surface area (Å²) in [5.41, 5.74) is 2.62. The van der Waals surface area contributed by atoms with Crippen LogP contribution in [0.4, 0.5) is 5.69 Å². The predicted molar refractivity (Wildman–Crippen MR) is 140 cm³/mol. The molecule has 0 spiro atoms. The molecule has 2 aromatic rings. The molecule has 2 amide bonds. The monoisotopic (exact) mass is 529 g/mol. The highest BCUT2D eigenvalue weighted by atomic mass is 35.5. The van der Waals surface area contributed by atoms with Crippen molar-refractivity contribution in [2.24, 2.45) is 17.8 Å². The van der Waals surface area contributed by atoms with Crippen LogP contribution in [0.15, 0.2) is 76.9 Å². The lowest BCUT2D eigenvalue weighted by molar-refractivity contribution is -0.123. The van der Waals surface area contributed by atoms with Crippen LogP contribution in [-0.2, 0) is 19.2 Å². The number of phenols is 1. The number of phenolic OH excluding ortho intramolecular Hbond substituents is 1. The Balaban J connectivity index is 1.50. The molecule has 8 heteroatoms. The number of Topliss-reactive ketones (excluding diaryl/α,β-unsaturated/α-hetero) is 1. The molecule has 4 aliphatic rings. The van der Waals surface area contributed by atoms with Crippen LogP contribution in [-0.4, -0.2) is 35.6 Å². The van der Waals surface area contributed by atoms with Crippen LogP contribution < -0.4 is 9.64 Å². The molecule has 1 saturated heterocycles. The van der Waals surface area contributed by atoms with E-state index in [1.165, 1.54) is 24.2 Å². The van der Waals surface area contributed by atoms with Gasteiger partial charge in [-0.2, -0.15) is 0 Å². The number of carbonyl (C=O) groups is 4. The summed E-state index contributed by atoms with van der Waals surface area (Å²) in [4.78, 5) is 55.3. The Labute approximate surface area is 224 Å². The Morgan fingerprint density at radius 3 is 2.45 bits per heavy atom. The standard InChI is InChI=1S/C30H24ClNO6/c1-14-11-24(34)22-13-20-18(25(27(22)28(14)35)21-12-17(38-2)7-10-23(21)33)8-9-19-26(20)30(37)32(29(19)36)16-5-3-15(31)4-6-16/h3-8,10-12,19-20,25-26,33H,9,13H2,1-2H3/t19-,20+,25+,26-/m0/s1. The third-order valence-electron chi connectivity index (χ3n) is 8.20. The van der Waals surface area contributed by atoms with Crippen LogP contribution in [0.5, 0.6) is 11.5 Å². The average Bonchev–Trinajstić information content (AvgIpc) is 3.17. The van der Waals surface area contributed by atoms with Crippen molar-refractivity contribution in [1.29, 1.82) is 0 Å². The summed E-state index contributed by atoms with van der Waals surface area (Å²) < 4.78 is 5.39. The first-order chi connectivity index (χ1) is 18.2. The SMILES string of the molecule is COc1ccc(O)c([C@H]2C3=CC[C@@H]4C(=O)N(c5ccc(Cl)cc5)C(=O)[C@@H]4[C@@H]3CC3=C2C(=O)C(C)=CC3=O)c1. The fourth-order valence-electron chi connectivity index (χ4n) is 6.45. The number of hydrogen-bond acceptors (Lipinski definition) is 6. The van der Waals surface area contributed by atoms with Crippen molar-refractivity contribution in [3.05, 3.63) is 87.5 Å². The van der Waals surface area contributed by atoms with Crippen molar-refractivity contribution < 1.29 is 29.0 Å². The third kappa shape index (κ3) is 3.49. The number of fused-ring (bicyclic) bond motifs is 3. The first kappa shape index (κ1) is 24.4. The third-order valence-corrected chi connectivity index (χ3v) is 8.45. The van der Waals surface area contributed by atoms with Crippen LogP contribution >= 0.6 is 11.6 Å². The zero-order valence-electron chi connectivity index (χ0n) is 20.7. The minimum Gasteiger partial charge on any atom is -0.508 e. The number of allylic oxidation sites excluding steroid dienone is 6. The number of aromatic hydroxyl groups is 1. The van der Waals surface area contributed by atoms with Gasteiger partial charge in [-0.3, -0.25) is 24.1 Å². The molecule has 6 rings (SSSR count). The normalized spacial score (nSPS) is 26.6. The molecule has 0 radical (unpaired) electrons. The van der Waals surface area contributed by atoms with Crippen molar-refractivity contribution in [3.8, 4) is 11.5 Å². The number of carbonyl (C=O) groups excluding carboxylic acids is 4. The number of benzene rings is 2. The molecule has 1 heterocycles. The van der Waals surface area contributed by atoms with Crippen molar-refractivity contribution >= 4 is 40.7 Å². The smallest absolute Gasteiger partial charge is 0.238 e. The van der Waals surface area contributed by atoms with Crippen molar-refractivity contribution in [3.63, 3.8) is 0 Å². The number of halogens is 1. The van der Waals surface area contributed by atoms with E-state index in [4.69, 9.17) is 16.3 Å². The Morgan fingerprint density at radius 2 is 1.74 bits per heavy atom. The van der Waals surface area contributed by atoms with E-state index in [9.17, 15) is 24.3 Å². The lowest BCUT2D eigenvalue weighted by atomic mass is 9.59. The van der Waals surface area contributed by atoms with Crippen molar-refractivity contribution in [2.45, 2.75) is 25.7 Å². The Morgan fingerprint density at radius 1 is 1.00 bits per heavy atom. The molecule has 3 aliphatic carbocycles. The number of ether oxygens (including phenoxy) is 1. The van der Waals surface area contributed by atoms with Gasteiger partial charge in [0.25, 0.3) is 0 Å². The number of ketones is 2. The summed E-state index contributed by atoms with van der Waals surface area (Å²) in [5, 5.41) is 11.4. The van der Waals surface area contributed by atoms with Crippen LogP contribution in [0.1, 0.15) is 31.2 Å². The fraction of sp³-hybridized carbons (Fsp3) is 0.267. The molecule has 0 aromatic heterocycles. The highest BCUT2D eigenvalue weighted by Crippen LogP contribution is 2.56. The second-order valence-electron chi connectivity index (χ2n) is 10.1. The minimum atomic E-state index is -0.743. The second-order valence-corrected chi connectivity index (χ2v) is 10.6. The Kier molecular flexibility index (Phi) is 5.65. The van der Waals surface area contributed by atoms with E-state index in [-0.39, 0.29) is 35.6 Å². The van der Waals surface area contributed by atoms with Gasteiger partial charge in [0.05, 0.1) is 24.6 Å². The first-order valence-electron chi connectivity index (χ1n) is 12.4. The van der Waals surface area contributed by atoms with Gasteiger partial charge in [0.2, 0.25) is 11.8 Å². The van der Waals surface area contributed by atoms with E-state index < -0.39 is 23.7 Å². The maximum atomic E-state index is 13.9. The molecule has 1 N–H and O–H groups in total. The summed E-state index contributed by atoms with van der Waals surface area (Å²) in [6.45, 7) is 1.60. The summed E-state index contributed by atoms with van der Waals surface area (Å²) in [7, 11) is 1.51. The zero-order chi connectivity index (χ0) is 26.9. The van der Waals surface area contributed by atoms with E-state index in [0.29, 0.717) is 45.2 Å². The minimum absolute atomic E-state index is 0.0459. The Hall–Kier alpha value is -3.97.